The molecule has 0 aromatic heterocycles. The molecule has 2 aromatic carbocycles. The molecule has 0 saturated heterocycles. The zero-order chi connectivity index (χ0) is 13.7. The van der Waals surface area contributed by atoms with Crippen molar-refractivity contribution in [2.45, 2.75) is 13.1 Å². The van der Waals surface area contributed by atoms with Crippen molar-refractivity contribution in [2.75, 3.05) is 14.2 Å². The van der Waals surface area contributed by atoms with Crippen LogP contribution in [0.15, 0.2) is 48.5 Å². The molecule has 0 bridgehead atoms. The van der Waals surface area contributed by atoms with E-state index in [0.29, 0.717) is 12.1 Å². The van der Waals surface area contributed by atoms with Crippen LogP contribution in [-0.2, 0) is 13.1 Å². The van der Waals surface area contributed by atoms with Crippen molar-refractivity contribution >= 4 is 0 Å². The summed E-state index contributed by atoms with van der Waals surface area (Å²) in [5, 5.41) is 0. The molecule has 2 rings (SSSR count). The third kappa shape index (κ3) is 3.80. The molecule has 0 aliphatic rings. The molecule has 19 heavy (non-hydrogen) atoms. The Bertz CT molecular complexity index is 542. The fourth-order valence-corrected chi connectivity index (χ4v) is 2.06. The normalized spacial score (nSPS) is 10.7. The van der Waals surface area contributed by atoms with Gasteiger partial charge in [-0.25, -0.2) is 4.39 Å². The average Bonchev–Trinajstić information content (AvgIpc) is 2.41. The van der Waals surface area contributed by atoms with E-state index in [1.807, 2.05) is 43.4 Å². The molecule has 2 nitrogen and oxygen atoms in total. The van der Waals surface area contributed by atoms with Crippen LogP contribution in [0.25, 0.3) is 0 Å². The summed E-state index contributed by atoms with van der Waals surface area (Å²) in [5.74, 6) is 0.691. The van der Waals surface area contributed by atoms with Crippen molar-refractivity contribution in [3.8, 4) is 5.75 Å². The maximum absolute atomic E-state index is 13.6. The van der Waals surface area contributed by atoms with Gasteiger partial charge in [0.15, 0.2) is 0 Å². The molecule has 0 spiro atoms. The zero-order valence-corrected chi connectivity index (χ0v) is 11.3. The first-order valence-electron chi connectivity index (χ1n) is 6.24. The minimum Gasteiger partial charge on any atom is -0.497 e. The van der Waals surface area contributed by atoms with Crippen LogP contribution in [0.1, 0.15) is 11.1 Å². The maximum atomic E-state index is 13.6. The summed E-state index contributed by atoms with van der Waals surface area (Å²) in [5.41, 5.74) is 1.87. The van der Waals surface area contributed by atoms with Gasteiger partial charge >= 0.3 is 0 Å². The number of methoxy groups -OCH3 is 1. The third-order valence-corrected chi connectivity index (χ3v) is 2.98. The Hall–Kier alpha value is -1.87. The molecule has 0 aliphatic heterocycles. The second-order valence-electron chi connectivity index (χ2n) is 4.62. The average molecular weight is 259 g/mol. The molecule has 0 N–H and O–H groups in total. The van der Waals surface area contributed by atoms with E-state index in [1.54, 1.807) is 13.2 Å². The van der Waals surface area contributed by atoms with Crippen molar-refractivity contribution in [1.82, 2.24) is 4.90 Å². The summed E-state index contributed by atoms with van der Waals surface area (Å²) < 4.78 is 18.8. The lowest BCUT2D eigenvalue weighted by Gasteiger charge is -2.17. The topological polar surface area (TPSA) is 12.5 Å². The predicted molar refractivity (Wildman–Crippen MR) is 74.6 cm³/mol. The van der Waals surface area contributed by atoms with Crippen molar-refractivity contribution in [2.24, 2.45) is 0 Å². The summed E-state index contributed by atoms with van der Waals surface area (Å²) in [6.07, 6.45) is 0. The predicted octanol–water partition coefficient (Wildman–Crippen LogP) is 3.47. The lowest BCUT2D eigenvalue weighted by Crippen LogP contribution is -2.18. The van der Waals surface area contributed by atoms with Crippen LogP contribution in [0.2, 0.25) is 0 Å². The fourth-order valence-electron chi connectivity index (χ4n) is 2.06. The number of ether oxygens (including phenoxy) is 1. The minimum atomic E-state index is -0.153. The van der Waals surface area contributed by atoms with E-state index >= 15 is 0 Å². The number of hydrogen-bond acceptors (Lipinski definition) is 2. The Morgan fingerprint density at radius 1 is 1.05 bits per heavy atom. The van der Waals surface area contributed by atoms with Crippen LogP contribution in [0.4, 0.5) is 4.39 Å². The molecule has 2 aromatic rings. The first-order chi connectivity index (χ1) is 9.19. The number of nitrogens with zero attached hydrogens (tertiary/aromatic N) is 1. The second-order valence-corrected chi connectivity index (χ2v) is 4.62. The number of hydrogen-bond donors (Lipinski definition) is 0. The second kappa shape index (κ2) is 6.34. The van der Waals surface area contributed by atoms with E-state index in [9.17, 15) is 4.39 Å². The van der Waals surface area contributed by atoms with Gasteiger partial charge in [0.05, 0.1) is 7.11 Å². The monoisotopic (exact) mass is 259 g/mol. The molecule has 0 aliphatic carbocycles. The number of halogens is 1. The lowest BCUT2D eigenvalue weighted by molar-refractivity contribution is 0.313. The van der Waals surface area contributed by atoms with Crippen LogP contribution in [0.5, 0.6) is 5.75 Å². The maximum Gasteiger partial charge on any atom is 0.127 e. The van der Waals surface area contributed by atoms with Crippen LogP contribution >= 0.6 is 0 Å². The van der Waals surface area contributed by atoms with Crippen molar-refractivity contribution in [3.05, 3.63) is 65.5 Å². The molecule has 0 fully saturated rings. The molecule has 0 amide bonds. The quantitative estimate of drug-likeness (QED) is 0.815. The van der Waals surface area contributed by atoms with E-state index in [0.717, 1.165) is 17.9 Å². The first-order valence-corrected chi connectivity index (χ1v) is 6.24. The van der Waals surface area contributed by atoms with Gasteiger partial charge < -0.3 is 4.74 Å². The van der Waals surface area contributed by atoms with Gasteiger partial charge in [0.1, 0.15) is 11.6 Å². The Morgan fingerprint density at radius 3 is 2.58 bits per heavy atom. The molecule has 0 atom stereocenters. The van der Waals surface area contributed by atoms with Gasteiger partial charge in [0.2, 0.25) is 0 Å². The highest BCUT2D eigenvalue weighted by atomic mass is 19.1. The van der Waals surface area contributed by atoms with Gasteiger partial charge in [-0.05, 0) is 30.8 Å². The zero-order valence-electron chi connectivity index (χ0n) is 11.3. The summed E-state index contributed by atoms with van der Waals surface area (Å²) in [7, 11) is 3.63. The summed E-state index contributed by atoms with van der Waals surface area (Å²) in [6.45, 7) is 1.34. The first kappa shape index (κ1) is 13.6. The molecule has 0 unspecified atom stereocenters. The van der Waals surface area contributed by atoms with E-state index in [-0.39, 0.29) is 5.82 Å². The lowest BCUT2D eigenvalue weighted by atomic mass is 10.1. The highest BCUT2D eigenvalue weighted by Gasteiger charge is 2.06. The van der Waals surface area contributed by atoms with Gasteiger partial charge in [-0.2, -0.15) is 0 Å². The van der Waals surface area contributed by atoms with Crippen LogP contribution in [-0.4, -0.2) is 19.1 Å². The Kier molecular flexibility index (Phi) is 4.53. The van der Waals surface area contributed by atoms with Gasteiger partial charge in [-0.3, -0.25) is 4.90 Å². The van der Waals surface area contributed by atoms with Gasteiger partial charge in [0, 0.05) is 18.7 Å². The summed E-state index contributed by atoms with van der Waals surface area (Å²) in [4.78, 5) is 2.08. The van der Waals surface area contributed by atoms with Crippen LogP contribution in [0, 0.1) is 5.82 Å². The van der Waals surface area contributed by atoms with E-state index in [1.165, 1.54) is 6.07 Å². The van der Waals surface area contributed by atoms with Crippen molar-refractivity contribution in [3.63, 3.8) is 0 Å². The third-order valence-electron chi connectivity index (χ3n) is 2.98. The summed E-state index contributed by atoms with van der Waals surface area (Å²) in [6, 6.07) is 14.8. The van der Waals surface area contributed by atoms with Gasteiger partial charge in [-0.15, -0.1) is 0 Å². The van der Waals surface area contributed by atoms with E-state index in [4.69, 9.17) is 4.74 Å². The summed E-state index contributed by atoms with van der Waals surface area (Å²) >= 11 is 0. The molecule has 3 heteroatoms. The highest BCUT2D eigenvalue weighted by molar-refractivity contribution is 5.28. The van der Waals surface area contributed by atoms with E-state index in [2.05, 4.69) is 4.90 Å². The smallest absolute Gasteiger partial charge is 0.127 e. The highest BCUT2D eigenvalue weighted by Crippen LogP contribution is 2.15. The number of rotatable bonds is 5. The molecular formula is C16H18FNO. The standard InChI is InChI=1S/C16H18FNO/c1-18(12-14-7-3-4-9-16(14)17)11-13-6-5-8-15(10-13)19-2/h3-10H,11-12H2,1-2H3. The molecule has 0 radical (unpaired) electrons. The molecule has 100 valence electrons. The van der Waals surface area contributed by atoms with Gasteiger partial charge in [0.25, 0.3) is 0 Å². The van der Waals surface area contributed by atoms with E-state index < -0.39 is 0 Å². The van der Waals surface area contributed by atoms with Crippen LogP contribution < -0.4 is 4.74 Å². The number of benzene rings is 2. The molecule has 0 saturated carbocycles. The molecule has 0 heterocycles. The Morgan fingerprint density at radius 2 is 1.84 bits per heavy atom. The fraction of sp³-hybridized carbons (Fsp3) is 0.250. The van der Waals surface area contributed by atoms with Gasteiger partial charge in [-0.1, -0.05) is 30.3 Å². The Balaban J connectivity index is 2.01. The SMILES string of the molecule is COc1cccc(CN(C)Cc2ccccc2F)c1. The van der Waals surface area contributed by atoms with Crippen molar-refractivity contribution in [1.29, 1.82) is 0 Å². The molecular weight excluding hydrogens is 241 g/mol. The largest absolute Gasteiger partial charge is 0.497 e. The Labute approximate surface area is 113 Å². The minimum absolute atomic E-state index is 0.153. The van der Waals surface area contributed by atoms with Crippen molar-refractivity contribution < 1.29 is 9.13 Å². The van der Waals surface area contributed by atoms with Crippen LogP contribution in [0.3, 0.4) is 0 Å².